The normalized spacial score (nSPS) is 30.0. The Kier molecular flexibility index (Phi) is 3.26. The van der Waals surface area contributed by atoms with E-state index in [4.69, 9.17) is 0 Å². The smallest absolute Gasteiger partial charge is 0.163 e. The summed E-state index contributed by atoms with van der Waals surface area (Å²) >= 11 is 0. The predicted molar refractivity (Wildman–Crippen MR) is 103 cm³/mol. The van der Waals surface area contributed by atoms with E-state index in [1.807, 2.05) is 0 Å². The van der Waals surface area contributed by atoms with Crippen LogP contribution in [-0.2, 0) is 11.8 Å². The maximum Gasteiger partial charge on any atom is 0.163 e. The first kappa shape index (κ1) is 15.4. The first-order valence-corrected chi connectivity index (χ1v) is 9.84. The molecular weight excluding hydrogens is 304 g/mol. The van der Waals surface area contributed by atoms with Crippen LogP contribution in [0.3, 0.4) is 0 Å². The summed E-state index contributed by atoms with van der Waals surface area (Å²) in [5, 5.41) is 2.54. The minimum atomic E-state index is 0.227. The Hall–Kier alpha value is -1.89. The number of allylic oxidation sites excluding steroid dienone is 2. The van der Waals surface area contributed by atoms with Crippen molar-refractivity contribution in [2.75, 3.05) is 0 Å². The quantitative estimate of drug-likeness (QED) is 0.631. The van der Waals surface area contributed by atoms with Crippen LogP contribution in [-0.4, -0.2) is 5.78 Å². The molecule has 2 bridgehead atoms. The van der Waals surface area contributed by atoms with Crippen molar-refractivity contribution in [3.63, 3.8) is 0 Å². The highest BCUT2D eigenvalue weighted by Crippen LogP contribution is 2.58. The third kappa shape index (κ3) is 2.25. The van der Waals surface area contributed by atoms with E-state index in [0.29, 0.717) is 17.6 Å². The van der Waals surface area contributed by atoms with E-state index < -0.39 is 0 Å². The Bertz CT molecular complexity index is 904. The molecule has 128 valence electrons. The van der Waals surface area contributed by atoms with Gasteiger partial charge in [0.25, 0.3) is 0 Å². The molecule has 1 fully saturated rings. The minimum absolute atomic E-state index is 0.227. The van der Waals surface area contributed by atoms with E-state index in [1.54, 1.807) is 0 Å². The van der Waals surface area contributed by atoms with Crippen molar-refractivity contribution >= 4 is 16.6 Å². The first-order valence-electron chi connectivity index (χ1n) is 9.84. The summed E-state index contributed by atoms with van der Waals surface area (Å²) in [7, 11) is 0. The van der Waals surface area contributed by atoms with Crippen molar-refractivity contribution < 1.29 is 4.79 Å². The van der Waals surface area contributed by atoms with Gasteiger partial charge in [-0.2, -0.15) is 0 Å². The van der Waals surface area contributed by atoms with Crippen LogP contribution in [0.4, 0.5) is 0 Å². The summed E-state index contributed by atoms with van der Waals surface area (Å²) in [5.41, 5.74) is 4.00. The third-order valence-corrected chi connectivity index (χ3v) is 6.83. The van der Waals surface area contributed by atoms with Crippen LogP contribution in [0.15, 0.2) is 42.5 Å². The minimum Gasteiger partial charge on any atom is -0.294 e. The molecule has 0 aromatic heterocycles. The molecule has 5 rings (SSSR count). The van der Waals surface area contributed by atoms with Gasteiger partial charge < -0.3 is 0 Å². The SMILES string of the molecule is CC(C)Cc1ccc2cc3c(cc2c1)C1(CCC3=O)CC2C=CC1C2. The number of carbonyl (C=O) groups is 1. The van der Waals surface area contributed by atoms with Crippen LogP contribution < -0.4 is 0 Å². The topological polar surface area (TPSA) is 17.1 Å². The summed E-state index contributed by atoms with van der Waals surface area (Å²) in [5.74, 6) is 2.38. The van der Waals surface area contributed by atoms with Crippen LogP contribution in [0.25, 0.3) is 10.8 Å². The second-order valence-corrected chi connectivity index (χ2v) is 8.95. The fraction of sp³-hybridized carbons (Fsp3) is 0.458. The summed E-state index contributed by atoms with van der Waals surface area (Å²) < 4.78 is 0. The van der Waals surface area contributed by atoms with Crippen molar-refractivity contribution in [1.82, 2.24) is 0 Å². The largest absolute Gasteiger partial charge is 0.294 e. The van der Waals surface area contributed by atoms with Gasteiger partial charge in [0.05, 0.1) is 0 Å². The van der Waals surface area contributed by atoms with E-state index >= 15 is 0 Å². The Labute approximate surface area is 150 Å². The molecular formula is C24H26O. The average molecular weight is 330 g/mol. The molecule has 25 heavy (non-hydrogen) atoms. The lowest BCUT2D eigenvalue weighted by Gasteiger charge is -2.40. The molecule has 0 amide bonds. The number of hydrogen-bond acceptors (Lipinski definition) is 1. The molecule has 3 aliphatic rings. The lowest BCUT2D eigenvalue weighted by Crippen LogP contribution is -2.36. The Morgan fingerprint density at radius 2 is 2.00 bits per heavy atom. The molecule has 1 heteroatoms. The van der Waals surface area contributed by atoms with Crippen molar-refractivity contribution in [3.05, 3.63) is 59.2 Å². The molecule has 1 saturated carbocycles. The van der Waals surface area contributed by atoms with Gasteiger partial charge in [-0.05, 0) is 77.5 Å². The van der Waals surface area contributed by atoms with Crippen molar-refractivity contribution in [2.45, 2.75) is 51.4 Å². The molecule has 3 aliphatic carbocycles. The average Bonchev–Trinajstić information content (AvgIpc) is 3.18. The summed E-state index contributed by atoms with van der Waals surface area (Å²) in [6, 6.07) is 11.4. The number of carbonyl (C=O) groups excluding carboxylic acids is 1. The van der Waals surface area contributed by atoms with E-state index in [9.17, 15) is 4.79 Å². The van der Waals surface area contributed by atoms with Crippen LogP contribution in [0.1, 0.15) is 61.0 Å². The van der Waals surface area contributed by atoms with Gasteiger partial charge in [0.15, 0.2) is 5.78 Å². The highest BCUT2D eigenvalue weighted by molar-refractivity contribution is 6.03. The molecule has 0 aliphatic heterocycles. The maximum atomic E-state index is 12.7. The Morgan fingerprint density at radius 1 is 1.12 bits per heavy atom. The number of rotatable bonds is 2. The van der Waals surface area contributed by atoms with E-state index in [0.717, 1.165) is 30.7 Å². The van der Waals surface area contributed by atoms with Gasteiger partial charge in [-0.3, -0.25) is 4.79 Å². The van der Waals surface area contributed by atoms with E-state index in [2.05, 4.69) is 56.3 Å². The molecule has 1 spiro atoms. The van der Waals surface area contributed by atoms with Crippen molar-refractivity contribution in [3.8, 4) is 0 Å². The molecule has 3 atom stereocenters. The number of ketones is 1. The van der Waals surface area contributed by atoms with Gasteiger partial charge in [0.1, 0.15) is 0 Å². The molecule has 2 aromatic carbocycles. The van der Waals surface area contributed by atoms with Crippen LogP contribution in [0, 0.1) is 17.8 Å². The molecule has 1 nitrogen and oxygen atoms in total. The summed E-state index contributed by atoms with van der Waals surface area (Å²) in [6.07, 6.45) is 10.3. The fourth-order valence-corrected chi connectivity index (χ4v) is 5.75. The standard InChI is InChI=1S/C24H26O/c1-15(2)9-16-3-5-18-12-21-22(13-19(18)10-16)24(8-7-23(21)25)14-17-4-6-20(24)11-17/h3-6,10,12-13,15,17,20H,7-9,11,14H2,1-2H3. The van der Waals surface area contributed by atoms with Gasteiger partial charge in [0.2, 0.25) is 0 Å². The molecule has 0 heterocycles. The van der Waals surface area contributed by atoms with Gasteiger partial charge in [0, 0.05) is 17.4 Å². The van der Waals surface area contributed by atoms with Crippen molar-refractivity contribution in [2.24, 2.45) is 17.8 Å². The summed E-state index contributed by atoms with van der Waals surface area (Å²) in [4.78, 5) is 12.7. The van der Waals surface area contributed by atoms with Gasteiger partial charge >= 0.3 is 0 Å². The number of hydrogen-bond donors (Lipinski definition) is 0. The zero-order chi connectivity index (χ0) is 17.2. The van der Waals surface area contributed by atoms with E-state index in [1.165, 1.54) is 34.7 Å². The molecule has 0 saturated heterocycles. The Balaban J connectivity index is 1.69. The zero-order valence-corrected chi connectivity index (χ0v) is 15.2. The fourth-order valence-electron chi connectivity index (χ4n) is 5.75. The van der Waals surface area contributed by atoms with Crippen LogP contribution in [0.5, 0.6) is 0 Å². The third-order valence-electron chi connectivity index (χ3n) is 6.83. The molecule has 3 unspecified atom stereocenters. The summed E-state index contributed by atoms with van der Waals surface area (Å²) in [6.45, 7) is 4.54. The molecule has 2 aromatic rings. The highest BCUT2D eigenvalue weighted by atomic mass is 16.1. The van der Waals surface area contributed by atoms with Crippen LogP contribution in [0.2, 0.25) is 0 Å². The lowest BCUT2D eigenvalue weighted by molar-refractivity contribution is 0.0944. The molecule has 0 N–H and O–H groups in total. The highest BCUT2D eigenvalue weighted by Gasteiger charge is 2.52. The van der Waals surface area contributed by atoms with Crippen LogP contribution >= 0.6 is 0 Å². The number of fused-ring (bicyclic) bond motifs is 6. The van der Waals surface area contributed by atoms with Crippen molar-refractivity contribution in [1.29, 1.82) is 0 Å². The zero-order valence-electron chi connectivity index (χ0n) is 15.2. The van der Waals surface area contributed by atoms with E-state index in [-0.39, 0.29) is 5.41 Å². The molecule has 0 radical (unpaired) electrons. The van der Waals surface area contributed by atoms with Gasteiger partial charge in [-0.15, -0.1) is 0 Å². The first-order chi connectivity index (χ1) is 12.0. The second kappa shape index (κ2) is 5.30. The monoisotopic (exact) mass is 330 g/mol. The van der Waals surface area contributed by atoms with Gasteiger partial charge in [-0.1, -0.05) is 44.2 Å². The second-order valence-electron chi connectivity index (χ2n) is 8.95. The number of Topliss-reactive ketones (excluding diaryl/α,β-unsaturated/α-hetero) is 1. The lowest BCUT2D eigenvalue weighted by atomic mass is 9.62. The van der Waals surface area contributed by atoms with Gasteiger partial charge in [-0.25, -0.2) is 0 Å². The predicted octanol–water partition coefficient (Wildman–Crippen LogP) is 5.85. The Morgan fingerprint density at radius 3 is 2.72 bits per heavy atom. The number of benzene rings is 2. The maximum absolute atomic E-state index is 12.7.